The lowest BCUT2D eigenvalue weighted by Crippen LogP contribution is -2.18. The highest BCUT2D eigenvalue weighted by Gasteiger charge is 2.16. The van der Waals surface area contributed by atoms with Crippen molar-refractivity contribution in [2.45, 2.75) is 33.2 Å². The molecule has 0 spiro atoms. The van der Waals surface area contributed by atoms with Gasteiger partial charge < -0.3 is 5.11 Å². The molecule has 0 atom stereocenters. The minimum atomic E-state index is -0.541. The van der Waals surface area contributed by atoms with Crippen LogP contribution in [0.4, 0.5) is 0 Å². The van der Waals surface area contributed by atoms with E-state index in [2.05, 4.69) is 4.99 Å². The van der Waals surface area contributed by atoms with Crippen LogP contribution in [0.25, 0.3) is 0 Å². The highest BCUT2D eigenvalue weighted by Crippen LogP contribution is 2.08. The Hall–Kier alpha value is -2.23. The average Bonchev–Trinajstić information content (AvgIpc) is 2.46. The van der Waals surface area contributed by atoms with Crippen LogP contribution < -0.4 is 0 Å². The zero-order valence-corrected chi connectivity index (χ0v) is 12.1. The maximum Gasteiger partial charge on any atom is 0.215 e. The van der Waals surface area contributed by atoms with Crippen LogP contribution in [0.1, 0.15) is 31.9 Å². The molecule has 0 amide bonds. The summed E-state index contributed by atoms with van der Waals surface area (Å²) in [6.45, 7) is 5.77. The van der Waals surface area contributed by atoms with Crippen LogP contribution in [0.5, 0.6) is 0 Å². The minimum absolute atomic E-state index is 0.0169. The number of carbonyl (C=O) groups excluding carboxylic acids is 1. The molecule has 4 heteroatoms. The van der Waals surface area contributed by atoms with E-state index >= 15 is 0 Å². The Morgan fingerprint density at radius 2 is 1.95 bits per heavy atom. The predicted molar refractivity (Wildman–Crippen MR) is 82.0 cm³/mol. The molecule has 0 heterocycles. The van der Waals surface area contributed by atoms with Crippen LogP contribution >= 0.6 is 0 Å². The third kappa shape index (κ3) is 4.16. The fraction of sp³-hybridized carbons (Fsp3) is 0.312. The molecule has 106 valence electrons. The van der Waals surface area contributed by atoms with Crippen molar-refractivity contribution in [3.63, 3.8) is 0 Å². The molecule has 0 aliphatic carbocycles. The van der Waals surface area contributed by atoms with Gasteiger partial charge in [0.25, 0.3) is 0 Å². The van der Waals surface area contributed by atoms with E-state index in [-0.39, 0.29) is 17.3 Å². The average molecular weight is 272 g/mol. The number of aliphatic hydroxyl groups is 1. The molecule has 0 saturated carbocycles. The number of hydrogen-bond donors (Lipinski definition) is 2. The SMILES string of the molecule is CCc1ccc(C(=N)C(=O)C(C=NC(C)C)=CO)cc1. The molecule has 0 radical (unpaired) electrons. The maximum atomic E-state index is 12.1. The number of Topliss-reactive ketones (excluding diaryl/α,β-unsaturated/α-hetero) is 1. The summed E-state index contributed by atoms with van der Waals surface area (Å²) in [6.07, 6.45) is 2.91. The normalized spacial score (nSPS) is 12.1. The largest absolute Gasteiger partial charge is 0.515 e. The Balaban J connectivity index is 2.92. The van der Waals surface area contributed by atoms with E-state index in [1.807, 2.05) is 32.9 Å². The van der Waals surface area contributed by atoms with Crippen LogP contribution in [0.3, 0.4) is 0 Å². The fourth-order valence-electron chi connectivity index (χ4n) is 1.56. The number of aliphatic hydroxyl groups excluding tert-OH is 1. The quantitative estimate of drug-likeness (QED) is 0.474. The van der Waals surface area contributed by atoms with Crippen molar-refractivity contribution in [3.8, 4) is 0 Å². The number of nitrogens with one attached hydrogen (secondary N) is 1. The van der Waals surface area contributed by atoms with Crippen LogP contribution in [0, 0.1) is 5.41 Å². The Morgan fingerprint density at radius 1 is 1.35 bits per heavy atom. The van der Waals surface area contributed by atoms with Gasteiger partial charge in [-0.05, 0) is 25.8 Å². The van der Waals surface area contributed by atoms with Crippen LogP contribution in [0.2, 0.25) is 0 Å². The molecule has 0 saturated heterocycles. The van der Waals surface area contributed by atoms with Crippen molar-refractivity contribution in [2.75, 3.05) is 0 Å². The first-order valence-electron chi connectivity index (χ1n) is 6.59. The van der Waals surface area contributed by atoms with Crippen molar-refractivity contribution in [2.24, 2.45) is 4.99 Å². The van der Waals surface area contributed by atoms with Gasteiger partial charge in [-0.1, -0.05) is 31.2 Å². The van der Waals surface area contributed by atoms with E-state index in [1.165, 1.54) is 6.21 Å². The standard InChI is InChI=1S/C16H20N2O2/c1-4-12-5-7-13(8-6-12)15(17)16(20)14(10-19)9-18-11(2)3/h5-11,17,19H,4H2,1-3H3. The summed E-state index contributed by atoms with van der Waals surface area (Å²) in [7, 11) is 0. The van der Waals surface area contributed by atoms with Crippen LogP contribution in [-0.4, -0.2) is 28.9 Å². The molecule has 0 unspecified atom stereocenters. The first kappa shape index (κ1) is 15.8. The van der Waals surface area contributed by atoms with E-state index in [9.17, 15) is 4.79 Å². The molecule has 0 aliphatic heterocycles. The molecule has 1 aromatic rings. The lowest BCUT2D eigenvalue weighted by atomic mass is 10.0. The van der Waals surface area contributed by atoms with Gasteiger partial charge in [-0.3, -0.25) is 15.2 Å². The van der Waals surface area contributed by atoms with Gasteiger partial charge in [-0.2, -0.15) is 0 Å². The van der Waals surface area contributed by atoms with Crippen LogP contribution in [-0.2, 0) is 11.2 Å². The highest BCUT2D eigenvalue weighted by molar-refractivity contribution is 6.53. The molecule has 2 N–H and O–H groups in total. The van der Waals surface area contributed by atoms with Gasteiger partial charge in [0.05, 0.1) is 11.8 Å². The van der Waals surface area contributed by atoms with E-state index in [4.69, 9.17) is 10.5 Å². The second-order valence-corrected chi connectivity index (χ2v) is 4.71. The molecule has 4 nitrogen and oxygen atoms in total. The smallest absolute Gasteiger partial charge is 0.215 e. The monoisotopic (exact) mass is 272 g/mol. The Labute approximate surface area is 119 Å². The first-order chi connectivity index (χ1) is 9.49. The topological polar surface area (TPSA) is 73.5 Å². The molecule has 1 aromatic carbocycles. The lowest BCUT2D eigenvalue weighted by molar-refractivity contribution is -0.109. The fourth-order valence-corrected chi connectivity index (χ4v) is 1.56. The van der Waals surface area contributed by atoms with Gasteiger partial charge in [-0.15, -0.1) is 0 Å². The summed E-state index contributed by atoms with van der Waals surface area (Å²) in [5.74, 6) is -0.541. The molecular formula is C16H20N2O2. The van der Waals surface area contributed by atoms with Crippen molar-refractivity contribution >= 4 is 17.7 Å². The molecule has 0 aromatic heterocycles. The van der Waals surface area contributed by atoms with Gasteiger partial charge in [0.1, 0.15) is 5.71 Å². The highest BCUT2D eigenvalue weighted by atomic mass is 16.2. The van der Waals surface area contributed by atoms with E-state index < -0.39 is 5.78 Å². The summed E-state index contributed by atoms with van der Waals surface area (Å²) in [6, 6.07) is 7.29. The van der Waals surface area contributed by atoms with Gasteiger partial charge in [-0.25, -0.2) is 0 Å². The number of aliphatic imine (C=N–C) groups is 1. The summed E-state index contributed by atoms with van der Waals surface area (Å²) in [5, 5.41) is 17.0. The number of carbonyl (C=O) groups is 1. The van der Waals surface area contributed by atoms with Gasteiger partial charge in [0.2, 0.25) is 5.78 Å². The third-order valence-corrected chi connectivity index (χ3v) is 2.79. The van der Waals surface area contributed by atoms with Crippen LogP contribution in [0.15, 0.2) is 41.1 Å². The predicted octanol–water partition coefficient (Wildman–Crippen LogP) is 3.11. The van der Waals surface area contributed by atoms with E-state index in [1.54, 1.807) is 12.1 Å². The number of hydrogen-bond acceptors (Lipinski definition) is 4. The molecule has 0 bridgehead atoms. The van der Waals surface area contributed by atoms with E-state index in [0.717, 1.165) is 12.0 Å². The Bertz CT molecular complexity index is 540. The molecular weight excluding hydrogens is 252 g/mol. The lowest BCUT2D eigenvalue weighted by Gasteiger charge is -2.05. The van der Waals surface area contributed by atoms with Crippen molar-refractivity contribution < 1.29 is 9.90 Å². The summed E-state index contributed by atoms with van der Waals surface area (Å²) < 4.78 is 0. The summed E-state index contributed by atoms with van der Waals surface area (Å²) in [5.41, 5.74) is 1.55. The summed E-state index contributed by atoms with van der Waals surface area (Å²) >= 11 is 0. The molecule has 20 heavy (non-hydrogen) atoms. The second-order valence-electron chi connectivity index (χ2n) is 4.71. The number of aryl methyl sites for hydroxylation is 1. The van der Waals surface area contributed by atoms with Gasteiger partial charge in [0.15, 0.2) is 0 Å². The third-order valence-electron chi connectivity index (χ3n) is 2.79. The Kier molecular flexibility index (Phi) is 5.84. The number of nitrogens with zero attached hydrogens (tertiary/aromatic N) is 1. The second kappa shape index (κ2) is 7.38. The first-order valence-corrected chi connectivity index (χ1v) is 6.59. The molecule has 0 fully saturated rings. The van der Waals surface area contributed by atoms with Gasteiger partial charge >= 0.3 is 0 Å². The number of rotatable bonds is 6. The number of allylic oxidation sites excluding steroid dienone is 1. The molecule has 0 aliphatic rings. The van der Waals surface area contributed by atoms with Crippen molar-refractivity contribution in [3.05, 3.63) is 47.2 Å². The van der Waals surface area contributed by atoms with Crippen molar-refractivity contribution in [1.29, 1.82) is 5.41 Å². The number of benzene rings is 1. The van der Waals surface area contributed by atoms with Crippen molar-refractivity contribution in [1.82, 2.24) is 0 Å². The van der Waals surface area contributed by atoms with Gasteiger partial charge in [0, 0.05) is 17.8 Å². The number of ketones is 1. The molecule has 1 rings (SSSR count). The minimum Gasteiger partial charge on any atom is -0.515 e. The Morgan fingerprint density at radius 3 is 2.40 bits per heavy atom. The zero-order chi connectivity index (χ0) is 15.1. The summed E-state index contributed by atoms with van der Waals surface area (Å²) in [4.78, 5) is 16.1. The maximum absolute atomic E-state index is 12.1. The zero-order valence-electron chi connectivity index (χ0n) is 12.1. The van der Waals surface area contributed by atoms with E-state index in [0.29, 0.717) is 11.8 Å².